The molecule has 2 rings (SSSR count). The van der Waals surface area contributed by atoms with Gasteiger partial charge < -0.3 is 15.7 Å². The summed E-state index contributed by atoms with van der Waals surface area (Å²) >= 11 is 0. The quantitative estimate of drug-likeness (QED) is 0.827. The molecule has 1 saturated carbocycles. The number of rotatable bonds is 4. The molecule has 0 aromatic heterocycles. The Morgan fingerprint density at radius 2 is 2.05 bits per heavy atom. The number of carboxylic acids is 1. The summed E-state index contributed by atoms with van der Waals surface area (Å²) in [4.78, 5) is 25.0. The second-order valence-corrected chi connectivity index (χ2v) is 5.91. The monoisotopic (exact) mass is 276 g/mol. The molecule has 3 N–H and O–H groups in total. The van der Waals surface area contributed by atoms with Crippen molar-refractivity contribution in [3.63, 3.8) is 0 Å². The molecule has 0 bridgehead atoms. The minimum absolute atomic E-state index is 0.0287. The average Bonchev–Trinajstić information content (AvgIpc) is 3.00. The number of amides is 1. The van der Waals surface area contributed by atoms with Gasteiger partial charge in [-0.15, -0.1) is 0 Å². The zero-order valence-electron chi connectivity index (χ0n) is 12.0. The number of nitrogens with two attached hydrogens (primary N) is 1. The third-order valence-electron chi connectivity index (χ3n) is 3.96. The minimum Gasteiger partial charge on any atom is -0.478 e. The molecule has 0 spiro atoms. The fraction of sp³-hybridized carbons (Fsp3) is 0.467. The van der Waals surface area contributed by atoms with Crippen LogP contribution in [0.3, 0.4) is 0 Å². The molecule has 0 saturated heterocycles. The van der Waals surface area contributed by atoms with Crippen LogP contribution in [-0.4, -0.2) is 23.5 Å². The molecule has 0 heterocycles. The molecule has 0 aliphatic heterocycles. The topological polar surface area (TPSA) is 83.6 Å². The molecule has 1 unspecified atom stereocenters. The number of carbonyl (C=O) groups is 2. The van der Waals surface area contributed by atoms with Crippen molar-refractivity contribution in [2.24, 2.45) is 11.3 Å². The maximum absolute atomic E-state index is 12.5. The van der Waals surface area contributed by atoms with E-state index in [1.54, 1.807) is 11.0 Å². The highest BCUT2D eigenvalue weighted by molar-refractivity contribution is 6.00. The van der Waals surface area contributed by atoms with Gasteiger partial charge in [-0.3, -0.25) is 4.79 Å². The molecule has 1 aliphatic carbocycles. The van der Waals surface area contributed by atoms with E-state index in [0.717, 1.165) is 6.42 Å². The van der Waals surface area contributed by atoms with E-state index < -0.39 is 5.97 Å². The lowest BCUT2D eigenvalue weighted by molar-refractivity contribution is -0.120. The van der Waals surface area contributed by atoms with Gasteiger partial charge in [0.25, 0.3) is 0 Å². The number of benzene rings is 1. The zero-order chi connectivity index (χ0) is 15.1. The Kier molecular flexibility index (Phi) is 3.46. The van der Waals surface area contributed by atoms with Gasteiger partial charge in [0.2, 0.25) is 5.91 Å². The van der Waals surface area contributed by atoms with Crippen molar-refractivity contribution >= 4 is 23.3 Å². The highest BCUT2D eigenvalue weighted by Gasteiger charge is 2.52. The van der Waals surface area contributed by atoms with Crippen molar-refractivity contribution in [1.29, 1.82) is 0 Å². The van der Waals surface area contributed by atoms with Crippen LogP contribution in [0.1, 0.15) is 37.6 Å². The van der Waals surface area contributed by atoms with Gasteiger partial charge in [0.15, 0.2) is 0 Å². The largest absolute Gasteiger partial charge is 0.478 e. The number of carboxylic acid groups (broad SMARTS) is 1. The Morgan fingerprint density at radius 1 is 1.45 bits per heavy atom. The van der Waals surface area contributed by atoms with Gasteiger partial charge in [-0.1, -0.05) is 13.8 Å². The van der Waals surface area contributed by atoms with Crippen LogP contribution in [0.25, 0.3) is 0 Å². The van der Waals surface area contributed by atoms with Crippen molar-refractivity contribution in [3.8, 4) is 0 Å². The molecule has 1 aromatic rings. The summed E-state index contributed by atoms with van der Waals surface area (Å²) in [5.74, 6) is -0.936. The number of nitrogens with zero attached hydrogens (tertiary/aromatic N) is 1. The minimum atomic E-state index is -1.03. The van der Waals surface area contributed by atoms with Gasteiger partial charge in [-0.2, -0.15) is 0 Å². The maximum atomic E-state index is 12.5. The molecule has 108 valence electrons. The highest BCUT2D eigenvalue weighted by Crippen LogP contribution is 2.52. The van der Waals surface area contributed by atoms with Crippen molar-refractivity contribution in [1.82, 2.24) is 0 Å². The summed E-state index contributed by atoms with van der Waals surface area (Å²) in [6.07, 6.45) is 0.884. The fourth-order valence-electron chi connectivity index (χ4n) is 2.46. The van der Waals surface area contributed by atoms with Gasteiger partial charge in [0.05, 0.1) is 16.9 Å². The highest BCUT2D eigenvalue weighted by atomic mass is 16.4. The normalized spacial score (nSPS) is 19.4. The van der Waals surface area contributed by atoms with Crippen molar-refractivity contribution in [3.05, 3.63) is 23.8 Å². The number of hydrogen-bond acceptors (Lipinski definition) is 3. The van der Waals surface area contributed by atoms with Crippen LogP contribution < -0.4 is 10.6 Å². The molecule has 1 amide bonds. The number of carbonyl (C=O) groups excluding carboxylic acids is 1. The first-order valence-corrected chi connectivity index (χ1v) is 6.72. The Balaban J connectivity index is 2.28. The third-order valence-corrected chi connectivity index (χ3v) is 3.96. The lowest BCUT2D eigenvalue weighted by Crippen LogP contribution is -2.33. The van der Waals surface area contributed by atoms with E-state index in [0.29, 0.717) is 17.9 Å². The summed E-state index contributed by atoms with van der Waals surface area (Å²) in [7, 11) is 0. The van der Waals surface area contributed by atoms with Crippen molar-refractivity contribution in [2.45, 2.75) is 27.2 Å². The van der Waals surface area contributed by atoms with E-state index in [-0.39, 0.29) is 22.8 Å². The van der Waals surface area contributed by atoms with E-state index >= 15 is 0 Å². The zero-order valence-corrected chi connectivity index (χ0v) is 12.0. The predicted octanol–water partition coefficient (Wildman–Crippen LogP) is 2.37. The molecule has 1 aromatic carbocycles. The number of anilines is 2. The van der Waals surface area contributed by atoms with Crippen molar-refractivity contribution < 1.29 is 14.7 Å². The van der Waals surface area contributed by atoms with Crippen LogP contribution in [0.2, 0.25) is 0 Å². The SMILES string of the molecule is CCN(C(=O)C1CC1(C)C)c1ccc(C(=O)O)cc1N. The molecule has 20 heavy (non-hydrogen) atoms. The molecule has 1 atom stereocenters. The predicted molar refractivity (Wildman–Crippen MR) is 77.7 cm³/mol. The van der Waals surface area contributed by atoms with Crippen LogP contribution in [0.4, 0.5) is 11.4 Å². The lowest BCUT2D eigenvalue weighted by Gasteiger charge is -2.23. The smallest absolute Gasteiger partial charge is 0.335 e. The molecule has 1 fully saturated rings. The Bertz CT molecular complexity index is 566. The van der Waals surface area contributed by atoms with Crippen LogP contribution in [0, 0.1) is 11.3 Å². The van der Waals surface area contributed by atoms with Gasteiger partial charge in [0.1, 0.15) is 0 Å². The third kappa shape index (κ3) is 2.48. The van der Waals surface area contributed by atoms with E-state index in [1.165, 1.54) is 12.1 Å². The lowest BCUT2D eigenvalue weighted by atomic mass is 10.1. The molecular formula is C15H20N2O3. The first-order valence-electron chi connectivity index (χ1n) is 6.72. The molecule has 5 nitrogen and oxygen atoms in total. The van der Waals surface area contributed by atoms with Gasteiger partial charge in [0, 0.05) is 12.5 Å². The fourth-order valence-corrected chi connectivity index (χ4v) is 2.46. The second kappa shape index (κ2) is 4.81. The van der Waals surface area contributed by atoms with E-state index in [4.69, 9.17) is 10.8 Å². The van der Waals surface area contributed by atoms with Crippen LogP contribution in [0.15, 0.2) is 18.2 Å². The molecule has 0 radical (unpaired) electrons. The summed E-state index contributed by atoms with van der Waals surface area (Å²) in [6.45, 7) is 6.54. The summed E-state index contributed by atoms with van der Waals surface area (Å²) in [5.41, 5.74) is 6.99. The average molecular weight is 276 g/mol. The van der Waals surface area contributed by atoms with Gasteiger partial charge >= 0.3 is 5.97 Å². The first kappa shape index (κ1) is 14.4. The standard InChI is InChI=1S/C15H20N2O3/c1-4-17(13(18)10-8-15(10,2)3)12-6-5-9(14(19)20)7-11(12)16/h5-7,10H,4,8,16H2,1-3H3,(H,19,20). The van der Waals surface area contributed by atoms with Crippen LogP contribution in [-0.2, 0) is 4.79 Å². The Morgan fingerprint density at radius 3 is 2.45 bits per heavy atom. The van der Waals surface area contributed by atoms with Crippen molar-refractivity contribution in [2.75, 3.05) is 17.2 Å². The maximum Gasteiger partial charge on any atom is 0.335 e. The number of aromatic carboxylic acids is 1. The Labute approximate surface area is 118 Å². The van der Waals surface area contributed by atoms with E-state index in [9.17, 15) is 9.59 Å². The second-order valence-electron chi connectivity index (χ2n) is 5.91. The van der Waals surface area contributed by atoms with E-state index in [1.807, 2.05) is 6.92 Å². The summed E-state index contributed by atoms with van der Waals surface area (Å²) in [6, 6.07) is 4.48. The molecule has 5 heteroatoms. The van der Waals surface area contributed by atoms with Crippen LogP contribution in [0.5, 0.6) is 0 Å². The first-order chi connectivity index (χ1) is 9.27. The van der Waals surface area contributed by atoms with Gasteiger partial charge in [-0.25, -0.2) is 4.79 Å². The Hall–Kier alpha value is -2.04. The summed E-state index contributed by atoms with van der Waals surface area (Å²) < 4.78 is 0. The van der Waals surface area contributed by atoms with Gasteiger partial charge in [-0.05, 0) is 37.0 Å². The summed E-state index contributed by atoms with van der Waals surface area (Å²) in [5, 5.41) is 8.94. The van der Waals surface area contributed by atoms with E-state index in [2.05, 4.69) is 13.8 Å². The molecule has 1 aliphatic rings. The number of nitrogen functional groups attached to an aromatic ring is 1. The molecular weight excluding hydrogens is 256 g/mol. The van der Waals surface area contributed by atoms with Crippen LogP contribution >= 0.6 is 0 Å². The number of hydrogen-bond donors (Lipinski definition) is 2.